The fourth-order valence-corrected chi connectivity index (χ4v) is 4.45. The van der Waals surface area contributed by atoms with Gasteiger partial charge < -0.3 is 14.8 Å². The van der Waals surface area contributed by atoms with Crippen molar-refractivity contribution < 1.29 is 10.2 Å². The van der Waals surface area contributed by atoms with E-state index in [4.69, 9.17) is 0 Å². The number of nitrogens with zero attached hydrogens (tertiary/aromatic N) is 1. The molecule has 2 aromatic rings. The number of fused-ring (bicyclic) bond motifs is 1. The van der Waals surface area contributed by atoms with Crippen molar-refractivity contribution in [2.24, 2.45) is 0 Å². The van der Waals surface area contributed by atoms with Gasteiger partial charge >= 0.3 is 0 Å². The number of rotatable bonds is 4. The van der Waals surface area contributed by atoms with Crippen LogP contribution in [0.2, 0.25) is 0 Å². The molecule has 1 aromatic carbocycles. The highest BCUT2D eigenvalue weighted by atomic mass is 32.2. The summed E-state index contributed by atoms with van der Waals surface area (Å²) in [6, 6.07) is 10.5. The number of aliphatic hydroxyl groups excluding tert-OH is 2. The lowest BCUT2D eigenvalue weighted by Gasteiger charge is -2.15. The monoisotopic (exact) mass is 289 g/mol. The molecule has 3 rings (SSSR count). The Hall–Kier alpha value is -1.23. The van der Waals surface area contributed by atoms with Crippen LogP contribution < -0.4 is 0 Å². The maximum Gasteiger partial charge on any atom is 0.0837 e. The number of thioether (sulfide) groups is 1. The Labute approximate surface area is 123 Å². The molecule has 0 bridgehead atoms. The molecule has 0 amide bonds. The zero-order chi connectivity index (χ0) is 14.1. The molecule has 20 heavy (non-hydrogen) atoms. The van der Waals surface area contributed by atoms with Gasteiger partial charge in [-0.25, -0.2) is 0 Å². The van der Waals surface area contributed by atoms with E-state index in [1.165, 1.54) is 11.3 Å². The SMILES string of the molecule is Cc1c(CO)c(CO)c2n1[C@@H](Cc1ccccc1)SC2. The van der Waals surface area contributed by atoms with Crippen LogP contribution in [0.3, 0.4) is 0 Å². The Morgan fingerprint density at radius 3 is 2.50 bits per heavy atom. The van der Waals surface area contributed by atoms with Crippen LogP contribution in [0.5, 0.6) is 0 Å². The zero-order valence-electron chi connectivity index (χ0n) is 11.5. The second-order valence-corrected chi connectivity index (χ2v) is 6.30. The summed E-state index contributed by atoms with van der Waals surface area (Å²) in [6.45, 7) is 2.06. The number of aliphatic hydroxyl groups is 2. The smallest absolute Gasteiger partial charge is 0.0837 e. The number of hydrogen-bond donors (Lipinski definition) is 2. The van der Waals surface area contributed by atoms with E-state index in [-0.39, 0.29) is 13.2 Å². The van der Waals surface area contributed by atoms with Gasteiger partial charge in [-0.1, -0.05) is 30.3 Å². The third-order valence-corrected chi connectivity index (χ3v) is 5.27. The second-order valence-electron chi connectivity index (χ2n) is 5.13. The molecule has 0 fully saturated rings. The summed E-state index contributed by atoms with van der Waals surface area (Å²) < 4.78 is 2.30. The lowest BCUT2D eigenvalue weighted by atomic mass is 10.1. The third-order valence-electron chi connectivity index (χ3n) is 4.07. The van der Waals surface area contributed by atoms with Gasteiger partial charge in [0.25, 0.3) is 0 Å². The summed E-state index contributed by atoms with van der Waals surface area (Å²) in [4.78, 5) is 0. The molecule has 1 atom stereocenters. The Morgan fingerprint density at radius 2 is 1.85 bits per heavy atom. The Morgan fingerprint density at radius 1 is 1.15 bits per heavy atom. The maximum atomic E-state index is 9.57. The molecule has 2 N–H and O–H groups in total. The van der Waals surface area contributed by atoms with Crippen LogP contribution in [0.1, 0.15) is 33.5 Å². The maximum absolute atomic E-state index is 9.57. The zero-order valence-corrected chi connectivity index (χ0v) is 12.4. The molecule has 0 radical (unpaired) electrons. The Bertz CT molecular complexity index is 607. The quantitative estimate of drug-likeness (QED) is 0.910. The highest BCUT2D eigenvalue weighted by Gasteiger charge is 2.29. The average Bonchev–Trinajstić information content (AvgIpc) is 2.99. The van der Waals surface area contributed by atoms with Crippen LogP contribution >= 0.6 is 11.8 Å². The minimum absolute atomic E-state index is 0.00441. The van der Waals surface area contributed by atoms with Crippen molar-refractivity contribution >= 4 is 11.8 Å². The molecular formula is C16H19NO2S. The van der Waals surface area contributed by atoms with Crippen LogP contribution in [0, 0.1) is 6.92 Å². The van der Waals surface area contributed by atoms with Gasteiger partial charge in [0.2, 0.25) is 0 Å². The van der Waals surface area contributed by atoms with Crippen molar-refractivity contribution in [3.63, 3.8) is 0 Å². The van der Waals surface area contributed by atoms with Crippen LogP contribution in [0.4, 0.5) is 0 Å². The van der Waals surface area contributed by atoms with E-state index in [0.29, 0.717) is 5.37 Å². The van der Waals surface area contributed by atoms with Gasteiger partial charge in [0, 0.05) is 34.7 Å². The molecule has 1 aliphatic heterocycles. The Balaban J connectivity index is 1.96. The highest BCUT2D eigenvalue weighted by molar-refractivity contribution is 7.98. The molecule has 1 aliphatic rings. The summed E-state index contributed by atoms with van der Waals surface area (Å²) in [7, 11) is 0. The Kier molecular flexibility index (Phi) is 3.87. The van der Waals surface area contributed by atoms with E-state index in [1.807, 2.05) is 24.8 Å². The lowest BCUT2D eigenvalue weighted by Crippen LogP contribution is -2.07. The summed E-state index contributed by atoms with van der Waals surface area (Å²) in [5, 5.41) is 19.5. The van der Waals surface area contributed by atoms with Crippen molar-refractivity contribution in [3.05, 3.63) is 58.4 Å². The van der Waals surface area contributed by atoms with Crippen LogP contribution in [-0.4, -0.2) is 14.8 Å². The van der Waals surface area contributed by atoms with E-state index >= 15 is 0 Å². The molecular weight excluding hydrogens is 270 g/mol. The fourth-order valence-electron chi connectivity index (χ4n) is 3.04. The van der Waals surface area contributed by atoms with E-state index in [9.17, 15) is 10.2 Å². The molecule has 2 heterocycles. The normalized spacial score (nSPS) is 17.4. The number of aromatic nitrogens is 1. The molecule has 1 aromatic heterocycles. The highest BCUT2D eigenvalue weighted by Crippen LogP contribution is 2.43. The van der Waals surface area contributed by atoms with E-state index in [0.717, 1.165) is 29.0 Å². The minimum Gasteiger partial charge on any atom is -0.392 e. The van der Waals surface area contributed by atoms with Crippen LogP contribution in [0.15, 0.2) is 30.3 Å². The summed E-state index contributed by atoms with van der Waals surface area (Å²) in [5.74, 6) is 0.911. The van der Waals surface area contributed by atoms with Gasteiger partial charge in [-0.3, -0.25) is 0 Å². The van der Waals surface area contributed by atoms with E-state index in [2.05, 4.69) is 28.8 Å². The molecule has 0 saturated carbocycles. The first-order valence-electron chi connectivity index (χ1n) is 6.85. The summed E-state index contributed by atoms with van der Waals surface area (Å²) in [6.07, 6.45) is 0.976. The van der Waals surface area contributed by atoms with Gasteiger partial charge in [0.15, 0.2) is 0 Å². The van der Waals surface area contributed by atoms with Crippen LogP contribution in [0.25, 0.3) is 0 Å². The van der Waals surface area contributed by atoms with E-state index < -0.39 is 0 Å². The summed E-state index contributed by atoms with van der Waals surface area (Å²) in [5.41, 5.74) is 5.42. The molecule has 106 valence electrons. The first kappa shape index (κ1) is 13.7. The van der Waals surface area contributed by atoms with Crippen molar-refractivity contribution in [3.8, 4) is 0 Å². The van der Waals surface area contributed by atoms with Crippen molar-refractivity contribution in [1.29, 1.82) is 0 Å². The van der Waals surface area contributed by atoms with Gasteiger partial charge in [-0.15, -0.1) is 11.8 Å². The van der Waals surface area contributed by atoms with Crippen molar-refractivity contribution in [2.45, 2.75) is 37.7 Å². The van der Waals surface area contributed by atoms with Gasteiger partial charge in [0.05, 0.1) is 18.6 Å². The predicted molar refractivity (Wildman–Crippen MR) is 81.5 cm³/mol. The topological polar surface area (TPSA) is 45.4 Å². The fraction of sp³-hybridized carbons (Fsp3) is 0.375. The standard InChI is InChI=1S/C16H19NO2S/c1-11-13(8-18)14(9-19)15-10-20-16(17(11)15)7-12-5-3-2-4-6-12/h2-6,16,18-19H,7-10H2,1H3/t16-/m1/s1. The first-order chi connectivity index (χ1) is 9.76. The molecule has 3 nitrogen and oxygen atoms in total. The first-order valence-corrected chi connectivity index (χ1v) is 7.89. The third kappa shape index (κ3) is 2.18. The second kappa shape index (κ2) is 5.64. The summed E-state index contributed by atoms with van der Waals surface area (Å²) >= 11 is 1.91. The lowest BCUT2D eigenvalue weighted by molar-refractivity contribution is 0.260. The van der Waals surface area contributed by atoms with Crippen molar-refractivity contribution in [2.75, 3.05) is 0 Å². The molecule has 0 saturated heterocycles. The van der Waals surface area contributed by atoms with Gasteiger partial charge in [-0.2, -0.15) is 0 Å². The molecule has 0 aliphatic carbocycles. The minimum atomic E-state index is 0.00441. The van der Waals surface area contributed by atoms with Crippen LogP contribution in [-0.2, 0) is 25.4 Å². The van der Waals surface area contributed by atoms with E-state index in [1.54, 1.807) is 0 Å². The van der Waals surface area contributed by atoms with Gasteiger partial charge in [-0.05, 0) is 12.5 Å². The van der Waals surface area contributed by atoms with Gasteiger partial charge in [0.1, 0.15) is 0 Å². The van der Waals surface area contributed by atoms with Crippen molar-refractivity contribution in [1.82, 2.24) is 4.57 Å². The molecule has 4 heteroatoms. The number of hydrogen-bond acceptors (Lipinski definition) is 3. The number of benzene rings is 1. The molecule has 0 unspecified atom stereocenters. The average molecular weight is 289 g/mol. The molecule has 0 spiro atoms. The largest absolute Gasteiger partial charge is 0.392 e. The predicted octanol–water partition coefficient (Wildman–Crippen LogP) is 2.77.